The van der Waals surface area contributed by atoms with Crippen molar-refractivity contribution in [2.24, 2.45) is 5.92 Å². The Morgan fingerprint density at radius 3 is 2.76 bits per heavy atom. The Balaban J connectivity index is 1.46. The molecule has 4 nitrogen and oxygen atoms in total. The van der Waals surface area contributed by atoms with Gasteiger partial charge in [-0.15, -0.1) is 0 Å². The highest BCUT2D eigenvalue weighted by Gasteiger charge is 2.46. The van der Waals surface area contributed by atoms with E-state index in [0.717, 1.165) is 45.5 Å². The van der Waals surface area contributed by atoms with Gasteiger partial charge in [0.25, 0.3) is 0 Å². The van der Waals surface area contributed by atoms with Crippen LogP contribution < -0.4 is 0 Å². The van der Waals surface area contributed by atoms with Gasteiger partial charge in [0, 0.05) is 37.6 Å². The summed E-state index contributed by atoms with van der Waals surface area (Å²) in [5.74, 6) is 0.520. The average Bonchev–Trinajstić information content (AvgIpc) is 3.20. The fourth-order valence-corrected chi connectivity index (χ4v) is 5.29. The van der Waals surface area contributed by atoms with Crippen molar-refractivity contribution >= 4 is 0 Å². The molecule has 4 rings (SSSR count). The molecule has 3 saturated heterocycles. The number of likely N-dealkylation sites (tertiary alicyclic amines) is 1. The monoisotopic (exact) mass is 295 g/mol. The molecule has 120 valence electrons. The molecular formula is C17H29NO3. The largest absolute Gasteiger partial charge is 0.393 e. The highest BCUT2D eigenvalue weighted by atomic mass is 16.6. The lowest BCUT2D eigenvalue weighted by atomic mass is 9.86. The van der Waals surface area contributed by atoms with Crippen LogP contribution in [-0.2, 0) is 9.47 Å². The molecule has 0 amide bonds. The van der Waals surface area contributed by atoms with Crippen molar-refractivity contribution in [1.82, 2.24) is 4.90 Å². The predicted octanol–water partition coefficient (Wildman–Crippen LogP) is 1.95. The fourth-order valence-electron chi connectivity index (χ4n) is 5.29. The van der Waals surface area contributed by atoms with E-state index in [4.69, 9.17) is 9.47 Å². The van der Waals surface area contributed by atoms with Crippen LogP contribution in [0, 0.1) is 5.92 Å². The SMILES string of the molecule is OC1CCCC1C1CCCN1C1CCOC2(CCOC2)C1. The summed E-state index contributed by atoms with van der Waals surface area (Å²) in [5, 5.41) is 10.3. The third kappa shape index (κ3) is 2.65. The Labute approximate surface area is 127 Å². The zero-order valence-electron chi connectivity index (χ0n) is 13.0. The van der Waals surface area contributed by atoms with Crippen molar-refractivity contribution < 1.29 is 14.6 Å². The summed E-state index contributed by atoms with van der Waals surface area (Å²) >= 11 is 0. The lowest BCUT2D eigenvalue weighted by Gasteiger charge is -2.44. The summed E-state index contributed by atoms with van der Waals surface area (Å²) in [4.78, 5) is 2.74. The van der Waals surface area contributed by atoms with E-state index in [2.05, 4.69) is 4.90 Å². The number of aliphatic hydroxyl groups is 1. The number of ether oxygens (including phenoxy) is 2. The van der Waals surface area contributed by atoms with Crippen molar-refractivity contribution in [3.8, 4) is 0 Å². The molecule has 0 aromatic heterocycles. The molecule has 4 fully saturated rings. The molecule has 3 aliphatic heterocycles. The number of rotatable bonds is 2. The first-order valence-corrected chi connectivity index (χ1v) is 8.93. The first-order chi connectivity index (χ1) is 10.3. The second-order valence-electron chi connectivity index (χ2n) is 7.59. The second kappa shape index (κ2) is 5.80. The number of hydrogen-bond donors (Lipinski definition) is 1. The maximum atomic E-state index is 10.3. The third-order valence-electron chi connectivity index (χ3n) is 6.37. The third-order valence-corrected chi connectivity index (χ3v) is 6.37. The number of nitrogens with zero attached hydrogens (tertiary/aromatic N) is 1. The molecule has 4 heteroatoms. The van der Waals surface area contributed by atoms with Gasteiger partial charge < -0.3 is 14.6 Å². The predicted molar refractivity (Wildman–Crippen MR) is 80.2 cm³/mol. The molecule has 4 aliphatic rings. The van der Waals surface area contributed by atoms with E-state index < -0.39 is 0 Å². The molecule has 5 unspecified atom stereocenters. The summed E-state index contributed by atoms with van der Waals surface area (Å²) in [7, 11) is 0. The van der Waals surface area contributed by atoms with Crippen LogP contribution in [0.1, 0.15) is 51.4 Å². The minimum atomic E-state index is -0.0563. The molecule has 21 heavy (non-hydrogen) atoms. The molecule has 0 aromatic carbocycles. The Morgan fingerprint density at radius 1 is 1.05 bits per heavy atom. The lowest BCUT2D eigenvalue weighted by molar-refractivity contribution is -0.111. The van der Waals surface area contributed by atoms with Gasteiger partial charge in [0.15, 0.2) is 0 Å². The topological polar surface area (TPSA) is 41.9 Å². The second-order valence-corrected chi connectivity index (χ2v) is 7.59. The van der Waals surface area contributed by atoms with Crippen LogP contribution in [0.2, 0.25) is 0 Å². The molecule has 1 saturated carbocycles. The normalized spacial score (nSPS) is 48.4. The first-order valence-electron chi connectivity index (χ1n) is 8.93. The Bertz CT molecular complexity index is 369. The molecular weight excluding hydrogens is 266 g/mol. The van der Waals surface area contributed by atoms with E-state index in [1.165, 1.54) is 32.2 Å². The molecule has 1 N–H and O–H groups in total. The smallest absolute Gasteiger partial charge is 0.0951 e. The van der Waals surface area contributed by atoms with Gasteiger partial charge in [-0.2, -0.15) is 0 Å². The standard InChI is InChI=1S/C17H29NO3/c19-16-5-1-3-14(16)15-4-2-8-18(15)13-6-9-21-17(11-13)7-10-20-12-17/h13-16,19H,1-12H2. The Hall–Kier alpha value is -0.160. The van der Waals surface area contributed by atoms with Crippen LogP contribution in [-0.4, -0.2) is 60.2 Å². The maximum Gasteiger partial charge on any atom is 0.0951 e. The lowest BCUT2D eigenvalue weighted by Crippen LogP contribution is -2.52. The molecule has 5 atom stereocenters. The van der Waals surface area contributed by atoms with Crippen molar-refractivity contribution in [1.29, 1.82) is 0 Å². The van der Waals surface area contributed by atoms with E-state index in [1.807, 2.05) is 0 Å². The molecule has 1 spiro atoms. The van der Waals surface area contributed by atoms with Crippen LogP contribution in [0.25, 0.3) is 0 Å². The molecule has 0 radical (unpaired) electrons. The van der Waals surface area contributed by atoms with Gasteiger partial charge in [0.2, 0.25) is 0 Å². The Morgan fingerprint density at radius 2 is 2.00 bits per heavy atom. The highest BCUT2D eigenvalue weighted by Crippen LogP contribution is 2.41. The number of hydrogen-bond acceptors (Lipinski definition) is 4. The maximum absolute atomic E-state index is 10.3. The van der Waals surface area contributed by atoms with Crippen LogP contribution in [0.5, 0.6) is 0 Å². The summed E-state index contributed by atoms with van der Waals surface area (Å²) in [6, 6.07) is 1.26. The van der Waals surface area contributed by atoms with Gasteiger partial charge in [-0.1, -0.05) is 6.42 Å². The summed E-state index contributed by atoms with van der Waals surface area (Å²) in [6.07, 6.45) is 9.32. The summed E-state index contributed by atoms with van der Waals surface area (Å²) in [6.45, 7) is 3.74. The van der Waals surface area contributed by atoms with Crippen molar-refractivity contribution in [3.05, 3.63) is 0 Å². The van der Waals surface area contributed by atoms with E-state index >= 15 is 0 Å². The van der Waals surface area contributed by atoms with Crippen molar-refractivity contribution in [2.75, 3.05) is 26.4 Å². The molecule has 0 aromatic rings. The van der Waals surface area contributed by atoms with E-state index in [-0.39, 0.29) is 11.7 Å². The van der Waals surface area contributed by atoms with Crippen LogP contribution in [0.3, 0.4) is 0 Å². The molecule has 3 heterocycles. The van der Waals surface area contributed by atoms with Gasteiger partial charge in [-0.3, -0.25) is 4.90 Å². The van der Waals surface area contributed by atoms with Gasteiger partial charge in [0.1, 0.15) is 0 Å². The van der Waals surface area contributed by atoms with Gasteiger partial charge in [0.05, 0.1) is 18.3 Å². The highest BCUT2D eigenvalue weighted by molar-refractivity contribution is 4.99. The Kier molecular flexibility index (Phi) is 3.99. The first kappa shape index (κ1) is 14.4. The van der Waals surface area contributed by atoms with E-state index in [1.54, 1.807) is 0 Å². The quantitative estimate of drug-likeness (QED) is 0.845. The zero-order chi connectivity index (χ0) is 14.3. The van der Waals surface area contributed by atoms with Crippen molar-refractivity contribution in [3.63, 3.8) is 0 Å². The fraction of sp³-hybridized carbons (Fsp3) is 1.00. The van der Waals surface area contributed by atoms with Crippen LogP contribution >= 0.6 is 0 Å². The minimum Gasteiger partial charge on any atom is -0.393 e. The average molecular weight is 295 g/mol. The summed E-state index contributed by atoms with van der Waals surface area (Å²) < 4.78 is 11.7. The van der Waals surface area contributed by atoms with Gasteiger partial charge in [-0.05, 0) is 45.1 Å². The number of aliphatic hydroxyl groups excluding tert-OH is 1. The zero-order valence-corrected chi connectivity index (χ0v) is 13.0. The van der Waals surface area contributed by atoms with Crippen LogP contribution in [0.4, 0.5) is 0 Å². The summed E-state index contributed by atoms with van der Waals surface area (Å²) in [5.41, 5.74) is 0.00431. The molecule has 1 aliphatic carbocycles. The van der Waals surface area contributed by atoms with Crippen molar-refractivity contribution in [2.45, 2.75) is 75.2 Å². The molecule has 0 bridgehead atoms. The van der Waals surface area contributed by atoms with Gasteiger partial charge in [-0.25, -0.2) is 0 Å². The van der Waals surface area contributed by atoms with E-state index in [9.17, 15) is 5.11 Å². The van der Waals surface area contributed by atoms with Crippen LogP contribution in [0.15, 0.2) is 0 Å². The van der Waals surface area contributed by atoms with E-state index in [0.29, 0.717) is 18.0 Å². The minimum absolute atomic E-state index is 0.00431. The van der Waals surface area contributed by atoms with Gasteiger partial charge >= 0.3 is 0 Å².